The molecule has 4 nitrogen and oxygen atoms in total. The predicted molar refractivity (Wildman–Crippen MR) is 55.1 cm³/mol. The van der Waals surface area contributed by atoms with Crippen molar-refractivity contribution < 1.29 is 9.59 Å². The highest BCUT2D eigenvalue weighted by Crippen LogP contribution is 2.27. The van der Waals surface area contributed by atoms with Crippen molar-refractivity contribution in [1.29, 1.82) is 0 Å². The van der Waals surface area contributed by atoms with Gasteiger partial charge in [-0.15, -0.1) is 0 Å². The number of nitrogens with zero attached hydrogens (tertiary/aromatic N) is 2. The minimum Gasteiger partial charge on any atom is -0.311 e. The normalized spacial score (nSPS) is 21.3. The number of benzene rings is 1. The molecule has 0 aliphatic carbocycles. The molecule has 0 radical (unpaired) electrons. The third-order valence-electron chi connectivity index (χ3n) is 2.66. The molecule has 0 unspecified atom stereocenters. The van der Waals surface area contributed by atoms with E-state index in [4.69, 9.17) is 0 Å². The van der Waals surface area contributed by atoms with Gasteiger partial charge in [-0.05, 0) is 5.56 Å². The quantitative estimate of drug-likeness (QED) is 0.646. The summed E-state index contributed by atoms with van der Waals surface area (Å²) in [6, 6.07) is 8.59. The first-order chi connectivity index (χ1) is 7.13. The lowest BCUT2D eigenvalue weighted by atomic mass is 10.1. The summed E-state index contributed by atoms with van der Waals surface area (Å²) in [5.74, 6) is -0.172. The van der Waals surface area contributed by atoms with E-state index in [0.717, 1.165) is 10.5 Å². The number of hydrogen-bond acceptors (Lipinski definition) is 2. The van der Waals surface area contributed by atoms with Gasteiger partial charge in [-0.3, -0.25) is 9.69 Å². The summed E-state index contributed by atoms with van der Waals surface area (Å²) in [5, 5.41) is 0. The SMILES string of the molecule is CN1C(=O)[C@H](c2ccccc2)N(C)C1=O. The van der Waals surface area contributed by atoms with Crippen LogP contribution in [0.2, 0.25) is 0 Å². The summed E-state index contributed by atoms with van der Waals surface area (Å²) in [5.41, 5.74) is 0.850. The Kier molecular flexibility index (Phi) is 2.19. The largest absolute Gasteiger partial charge is 0.327 e. The highest BCUT2D eigenvalue weighted by Gasteiger charge is 2.41. The number of carbonyl (C=O) groups is 2. The minimum absolute atomic E-state index is 0.172. The van der Waals surface area contributed by atoms with Gasteiger partial charge in [0.2, 0.25) is 0 Å². The second kappa shape index (κ2) is 3.38. The molecular formula is C11H12N2O2. The lowest BCUT2D eigenvalue weighted by Crippen LogP contribution is -2.27. The molecule has 1 saturated heterocycles. The molecule has 0 aromatic heterocycles. The molecule has 0 N–H and O–H groups in total. The van der Waals surface area contributed by atoms with Crippen molar-refractivity contribution >= 4 is 11.9 Å². The van der Waals surface area contributed by atoms with Gasteiger partial charge in [0.05, 0.1) is 0 Å². The van der Waals surface area contributed by atoms with Gasteiger partial charge in [-0.2, -0.15) is 0 Å². The van der Waals surface area contributed by atoms with Crippen LogP contribution in [0.25, 0.3) is 0 Å². The smallest absolute Gasteiger partial charge is 0.311 e. The zero-order chi connectivity index (χ0) is 11.0. The number of rotatable bonds is 1. The van der Waals surface area contributed by atoms with E-state index in [1.165, 1.54) is 11.9 Å². The van der Waals surface area contributed by atoms with E-state index in [9.17, 15) is 9.59 Å². The first-order valence-electron chi connectivity index (χ1n) is 4.72. The Hall–Kier alpha value is -1.84. The van der Waals surface area contributed by atoms with Gasteiger partial charge in [-0.1, -0.05) is 30.3 Å². The van der Waals surface area contributed by atoms with Crippen LogP contribution in [-0.4, -0.2) is 35.8 Å². The van der Waals surface area contributed by atoms with Crippen LogP contribution in [-0.2, 0) is 4.79 Å². The third kappa shape index (κ3) is 1.38. The van der Waals surface area contributed by atoms with E-state index in [0.29, 0.717) is 0 Å². The zero-order valence-corrected chi connectivity index (χ0v) is 8.68. The fraction of sp³-hybridized carbons (Fsp3) is 0.273. The zero-order valence-electron chi connectivity index (χ0n) is 8.68. The summed E-state index contributed by atoms with van der Waals surface area (Å²) >= 11 is 0. The van der Waals surface area contributed by atoms with E-state index in [2.05, 4.69) is 0 Å². The molecule has 1 heterocycles. The van der Waals surface area contributed by atoms with E-state index < -0.39 is 6.04 Å². The van der Waals surface area contributed by atoms with Crippen molar-refractivity contribution in [3.63, 3.8) is 0 Å². The van der Waals surface area contributed by atoms with Crippen LogP contribution in [0.5, 0.6) is 0 Å². The molecule has 1 aromatic rings. The van der Waals surface area contributed by atoms with Crippen molar-refractivity contribution in [3.05, 3.63) is 35.9 Å². The van der Waals surface area contributed by atoms with Crippen LogP contribution >= 0.6 is 0 Å². The summed E-state index contributed by atoms with van der Waals surface area (Å²) in [6.07, 6.45) is 0. The Labute approximate surface area is 88.1 Å². The van der Waals surface area contributed by atoms with Gasteiger partial charge in [0.1, 0.15) is 6.04 Å². The molecule has 2 rings (SSSR count). The summed E-state index contributed by atoms with van der Waals surface area (Å²) in [6.45, 7) is 0. The Morgan fingerprint density at radius 2 is 1.67 bits per heavy atom. The molecule has 0 spiro atoms. The molecule has 3 amide bonds. The van der Waals surface area contributed by atoms with Gasteiger partial charge >= 0.3 is 6.03 Å². The third-order valence-corrected chi connectivity index (χ3v) is 2.66. The number of imide groups is 1. The lowest BCUT2D eigenvalue weighted by Gasteiger charge is -2.15. The lowest BCUT2D eigenvalue weighted by molar-refractivity contribution is -0.127. The maximum atomic E-state index is 11.8. The van der Waals surface area contributed by atoms with Crippen molar-refractivity contribution in [2.75, 3.05) is 14.1 Å². The van der Waals surface area contributed by atoms with Crippen molar-refractivity contribution in [2.45, 2.75) is 6.04 Å². The van der Waals surface area contributed by atoms with Crippen molar-refractivity contribution in [2.24, 2.45) is 0 Å². The molecular weight excluding hydrogens is 192 g/mol. The van der Waals surface area contributed by atoms with E-state index in [1.807, 2.05) is 30.3 Å². The Morgan fingerprint density at radius 1 is 1.07 bits per heavy atom. The molecule has 1 aromatic carbocycles. The average molecular weight is 204 g/mol. The minimum atomic E-state index is -0.469. The summed E-state index contributed by atoms with van der Waals surface area (Å²) in [7, 11) is 3.14. The molecule has 15 heavy (non-hydrogen) atoms. The Balaban J connectivity index is 2.39. The van der Waals surface area contributed by atoms with E-state index in [1.54, 1.807) is 7.05 Å². The monoisotopic (exact) mass is 204 g/mol. The molecule has 0 saturated carbocycles. The Bertz CT molecular complexity index is 402. The average Bonchev–Trinajstić information content (AvgIpc) is 2.45. The van der Waals surface area contributed by atoms with Crippen LogP contribution in [0.15, 0.2) is 30.3 Å². The van der Waals surface area contributed by atoms with Crippen LogP contribution in [0, 0.1) is 0 Å². The highest BCUT2D eigenvalue weighted by atomic mass is 16.2. The second-order valence-electron chi connectivity index (χ2n) is 3.60. The molecule has 1 fully saturated rings. The van der Waals surface area contributed by atoms with Gasteiger partial charge in [0.25, 0.3) is 5.91 Å². The van der Waals surface area contributed by atoms with Gasteiger partial charge < -0.3 is 4.90 Å². The van der Waals surface area contributed by atoms with E-state index >= 15 is 0 Å². The molecule has 1 aliphatic heterocycles. The van der Waals surface area contributed by atoms with Crippen LogP contribution in [0.1, 0.15) is 11.6 Å². The highest BCUT2D eigenvalue weighted by molar-refractivity contribution is 6.04. The fourth-order valence-electron chi connectivity index (χ4n) is 1.79. The molecule has 78 valence electrons. The number of urea groups is 1. The number of likely N-dealkylation sites (N-methyl/N-ethyl adjacent to an activating group) is 2. The maximum Gasteiger partial charge on any atom is 0.327 e. The van der Waals surface area contributed by atoms with Crippen LogP contribution in [0.4, 0.5) is 4.79 Å². The molecule has 0 bridgehead atoms. The van der Waals surface area contributed by atoms with Gasteiger partial charge in [-0.25, -0.2) is 4.79 Å². The first-order valence-corrected chi connectivity index (χ1v) is 4.72. The first kappa shape index (κ1) is 9.71. The maximum absolute atomic E-state index is 11.8. The van der Waals surface area contributed by atoms with Crippen molar-refractivity contribution in [3.8, 4) is 0 Å². The summed E-state index contributed by atoms with van der Waals surface area (Å²) < 4.78 is 0. The summed E-state index contributed by atoms with van der Waals surface area (Å²) in [4.78, 5) is 25.9. The van der Waals surface area contributed by atoms with Crippen LogP contribution in [0.3, 0.4) is 0 Å². The number of carbonyl (C=O) groups excluding carboxylic acids is 2. The molecule has 1 aliphatic rings. The second-order valence-corrected chi connectivity index (χ2v) is 3.60. The topological polar surface area (TPSA) is 40.6 Å². The van der Waals surface area contributed by atoms with Gasteiger partial charge in [0, 0.05) is 14.1 Å². The molecule has 1 atom stereocenters. The Morgan fingerprint density at radius 3 is 2.13 bits per heavy atom. The van der Waals surface area contributed by atoms with Crippen LogP contribution < -0.4 is 0 Å². The van der Waals surface area contributed by atoms with Crippen molar-refractivity contribution in [1.82, 2.24) is 9.80 Å². The van der Waals surface area contributed by atoms with E-state index in [-0.39, 0.29) is 11.9 Å². The number of amides is 3. The fourth-order valence-corrected chi connectivity index (χ4v) is 1.79. The predicted octanol–water partition coefficient (Wildman–Crippen LogP) is 1.25. The standard InChI is InChI=1S/C11H12N2O2/c1-12-9(8-6-4-3-5-7-8)10(14)13(2)11(12)15/h3-7,9H,1-2H3/t9-/m0/s1. The van der Waals surface area contributed by atoms with Gasteiger partial charge in [0.15, 0.2) is 0 Å². The molecule has 4 heteroatoms. The number of hydrogen-bond donors (Lipinski definition) is 0.